The largest absolute Gasteiger partial charge is 0.384 e. The van der Waals surface area contributed by atoms with Crippen LogP contribution in [0.15, 0.2) is 51.3 Å². The molecule has 1 aromatic carbocycles. The van der Waals surface area contributed by atoms with Crippen LogP contribution in [-0.2, 0) is 16.0 Å². The van der Waals surface area contributed by atoms with E-state index in [9.17, 15) is 14.9 Å². The van der Waals surface area contributed by atoms with Gasteiger partial charge in [0.25, 0.3) is 0 Å². The van der Waals surface area contributed by atoms with Gasteiger partial charge in [-0.2, -0.15) is 5.26 Å². The number of allylic oxidation sites excluding steroid dienone is 3. The Balaban J connectivity index is 1.41. The van der Waals surface area contributed by atoms with E-state index in [-0.39, 0.29) is 23.3 Å². The number of amides is 1. The maximum atomic E-state index is 13.2. The van der Waals surface area contributed by atoms with Crippen LogP contribution in [0.3, 0.4) is 0 Å². The summed E-state index contributed by atoms with van der Waals surface area (Å²) in [7, 11) is 0. The first-order valence-corrected chi connectivity index (χ1v) is 14.6. The number of carbonyl (C=O) groups is 2. The van der Waals surface area contributed by atoms with Crippen LogP contribution in [0.1, 0.15) is 48.2 Å². The van der Waals surface area contributed by atoms with Crippen molar-refractivity contribution in [1.29, 1.82) is 5.26 Å². The zero-order chi connectivity index (χ0) is 26.8. The van der Waals surface area contributed by atoms with Crippen molar-refractivity contribution >= 4 is 56.4 Å². The Labute approximate surface area is 231 Å². The van der Waals surface area contributed by atoms with Crippen molar-refractivity contribution in [3.8, 4) is 6.07 Å². The Morgan fingerprint density at radius 2 is 2.00 bits per heavy atom. The third-order valence-corrected chi connectivity index (χ3v) is 9.28. The number of anilines is 2. The van der Waals surface area contributed by atoms with Gasteiger partial charge in [0.1, 0.15) is 10.8 Å². The Hall–Kier alpha value is -3.60. The highest BCUT2D eigenvalue weighted by atomic mass is 32.2. The average molecular weight is 565 g/mol. The summed E-state index contributed by atoms with van der Waals surface area (Å²) in [5, 5.41) is 31.2. The molecule has 0 radical (unpaired) electrons. The molecule has 1 unspecified atom stereocenters. The highest BCUT2D eigenvalue weighted by Crippen LogP contribution is 2.47. The molecule has 2 aromatic heterocycles. The number of nitrogens with one attached hydrogen (secondary N) is 1. The molecule has 0 saturated heterocycles. The molecule has 5 rings (SSSR count). The molecule has 1 aliphatic carbocycles. The lowest BCUT2D eigenvalue weighted by molar-refractivity contribution is -0.116. The normalized spacial score (nSPS) is 17.4. The minimum absolute atomic E-state index is 0.0146. The van der Waals surface area contributed by atoms with E-state index in [1.165, 1.54) is 34.4 Å². The standard InChI is InChI=1S/C25H24N8O2S3/c1-3-19-29-30-23(37-19)28-18(35)12-36-25-32-31-24(38-25)33-16-5-4-6-17(34)21(16)20(15(11-26)22(33)27)14-9-7-13(2)8-10-14/h7-10,20H,3-6,12,27H2,1-2H3,(H,28,30,35). The van der Waals surface area contributed by atoms with Crippen molar-refractivity contribution in [2.75, 3.05) is 16.0 Å². The number of hydrogen-bond donors (Lipinski definition) is 2. The molecule has 38 heavy (non-hydrogen) atoms. The van der Waals surface area contributed by atoms with E-state index in [2.05, 4.69) is 31.8 Å². The number of thioether (sulfide) groups is 1. The van der Waals surface area contributed by atoms with Gasteiger partial charge in [0.2, 0.25) is 16.2 Å². The Morgan fingerprint density at radius 3 is 2.71 bits per heavy atom. The maximum absolute atomic E-state index is 13.2. The highest BCUT2D eigenvalue weighted by molar-refractivity contribution is 8.01. The summed E-state index contributed by atoms with van der Waals surface area (Å²) in [5.41, 5.74) is 10.2. The van der Waals surface area contributed by atoms with Gasteiger partial charge in [0, 0.05) is 17.7 Å². The van der Waals surface area contributed by atoms with Gasteiger partial charge in [0.05, 0.1) is 23.3 Å². The molecule has 3 aromatic rings. The number of nitrogens with two attached hydrogens (primary N) is 1. The van der Waals surface area contributed by atoms with Crippen molar-refractivity contribution in [2.24, 2.45) is 5.73 Å². The molecule has 2 aliphatic rings. The Kier molecular flexibility index (Phi) is 7.55. The molecule has 10 nitrogen and oxygen atoms in total. The minimum Gasteiger partial charge on any atom is -0.384 e. The smallest absolute Gasteiger partial charge is 0.236 e. The zero-order valence-corrected chi connectivity index (χ0v) is 23.2. The van der Waals surface area contributed by atoms with Crippen LogP contribution in [0.25, 0.3) is 0 Å². The predicted molar refractivity (Wildman–Crippen MR) is 148 cm³/mol. The molecule has 1 amide bonds. The van der Waals surface area contributed by atoms with Crippen LogP contribution in [-0.4, -0.2) is 37.8 Å². The van der Waals surface area contributed by atoms with Gasteiger partial charge in [-0.15, -0.1) is 20.4 Å². The number of benzene rings is 1. The third kappa shape index (κ3) is 5.07. The summed E-state index contributed by atoms with van der Waals surface area (Å²) in [5.74, 6) is -0.357. The van der Waals surface area contributed by atoms with E-state index < -0.39 is 5.92 Å². The molecule has 1 aliphatic heterocycles. The van der Waals surface area contributed by atoms with E-state index in [1.54, 1.807) is 4.90 Å². The molecule has 1 atom stereocenters. The van der Waals surface area contributed by atoms with Crippen LogP contribution >= 0.6 is 34.4 Å². The lowest BCUT2D eigenvalue weighted by Gasteiger charge is -2.38. The second-order valence-electron chi connectivity index (χ2n) is 8.77. The monoisotopic (exact) mass is 564 g/mol. The molecule has 3 heterocycles. The number of aromatic nitrogens is 4. The van der Waals surface area contributed by atoms with E-state index >= 15 is 0 Å². The summed E-state index contributed by atoms with van der Waals surface area (Å²) in [6.45, 7) is 3.97. The second-order valence-corrected chi connectivity index (χ2v) is 12.0. The quantitative estimate of drug-likeness (QED) is 0.398. The fourth-order valence-electron chi connectivity index (χ4n) is 4.48. The number of Topliss-reactive ketones (excluding diaryl/α,β-unsaturated/α-hetero) is 1. The van der Waals surface area contributed by atoms with Crippen molar-refractivity contribution < 1.29 is 9.59 Å². The fourth-order valence-corrected chi connectivity index (χ4v) is 6.85. The lowest BCUT2D eigenvalue weighted by atomic mass is 9.75. The molecule has 0 saturated carbocycles. The van der Waals surface area contributed by atoms with Crippen molar-refractivity contribution in [3.05, 3.63) is 63.1 Å². The molecule has 0 bridgehead atoms. The zero-order valence-electron chi connectivity index (χ0n) is 20.7. The number of nitrogens with zero attached hydrogens (tertiary/aromatic N) is 6. The summed E-state index contributed by atoms with van der Waals surface area (Å²) in [6, 6.07) is 10.1. The Morgan fingerprint density at radius 1 is 1.21 bits per heavy atom. The van der Waals surface area contributed by atoms with Crippen LogP contribution < -0.4 is 16.0 Å². The van der Waals surface area contributed by atoms with Gasteiger partial charge < -0.3 is 5.73 Å². The topological polar surface area (TPSA) is 151 Å². The Bertz CT molecular complexity index is 1500. The van der Waals surface area contributed by atoms with Gasteiger partial charge in [-0.05, 0) is 31.7 Å². The number of nitriles is 1. The van der Waals surface area contributed by atoms with Crippen LogP contribution in [0.2, 0.25) is 0 Å². The average Bonchev–Trinajstić information content (AvgIpc) is 3.57. The van der Waals surface area contributed by atoms with Crippen LogP contribution in [0.4, 0.5) is 10.3 Å². The first kappa shape index (κ1) is 26.0. The van der Waals surface area contributed by atoms with E-state index in [0.717, 1.165) is 28.3 Å². The van der Waals surface area contributed by atoms with Gasteiger partial charge in [0.15, 0.2) is 10.1 Å². The van der Waals surface area contributed by atoms with Gasteiger partial charge in [-0.25, -0.2) is 0 Å². The van der Waals surface area contributed by atoms with Crippen molar-refractivity contribution in [1.82, 2.24) is 20.4 Å². The first-order valence-electron chi connectivity index (χ1n) is 12.0. The number of ketones is 1. The lowest BCUT2D eigenvalue weighted by Crippen LogP contribution is -2.38. The SMILES string of the molecule is CCc1nnc(NC(=O)CSc2nnc(N3C(N)=C(C#N)C(c4ccc(C)cc4)C4=C3CCCC4=O)s2)s1. The molecule has 0 spiro atoms. The maximum Gasteiger partial charge on any atom is 0.236 e. The van der Waals surface area contributed by atoms with Crippen LogP contribution in [0, 0.1) is 18.3 Å². The van der Waals surface area contributed by atoms with Crippen molar-refractivity contribution in [3.63, 3.8) is 0 Å². The van der Waals surface area contributed by atoms with E-state index in [1.807, 2.05) is 38.1 Å². The van der Waals surface area contributed by atoms with Gasteiger partial charge in [-0.1, -0.05) is 71.2 Å². The number of hydrogen-bond acceptors (Lipinski definition) is 12. The molecule has 194 valence electrons. The van der Waals surface area contributed by atoms with Gasteiger partial charge >= 0.3 is 0 Å². The predicted octanol–water partition coefficient (Wildman–Crippen LogP) is 4.30. The van der Waals surface area contributed by atoms with Gasteiger partial charge in [-0.3, -0.25) is 19.8 Å². The third-order valence-electron chi connectivity index (χ3n) is 6.25. The number of carbonyl (C=O) groups excluding carboxylic acids is 2. The van der Waals surface area contributed by atoms with Crippen molar-refractivity contribution in [2.45, 2.75) is 49.8 Å². The van der Waals surface area contributed by atoms with Crippen LogP contribution in [0.5, 0.6) is 0 Å². The summed E-state index contributed by atoms with van der Waals surface area (Å²) < 4.78 is 0.568. The van der Waals surface area contributed by atoms with E-state index in [0.29, 0.717) is 45.0 Å². The summed E-state index contributed by atoms with van der Waals surface area (Å²) in [6.07, 6.45) is 2.51. The second kappa shape index (κ2) is 11.0. The first-order chi connectivity index (χ1) is 18.4. The number of aryl methyl sites for hydroxylation is 2. The fraction of sp³-hybridized carbons (Fsp3) is 0.320. The molecular weight excluding hydrogens is 541 g/mol. The molecular formula is C25H24N8O2S3. The molecule has 3 N–H and O–H groups in total. The summed E-state index contributed by atoms with van der Waals surface area (Å²) in [4.78, 5) is 27.3. The minimum atomic E-state index is -0.515. The van der Waals surface area contributed by atoms with E-state index in [4.69, 9.17) is 5.73 Å². The number of rotatable bonds is 7. The highest BCUT2D eigenvalue weighted by Gasteiger charge is 2.41. The molecule has 13 heteroatoms. The molecule has 0 fully saturated rings. The summed E-state index contributed by atoms with van der Waals surface area (Å²) >= 11 is 3.84.